The lowest BCUT2D eigenvalue weighted by molar-refractivity contribution is 0.271. The summed E-state index contributed by atoms with van der Waals surface area (Å²) in [5.74, 6) is 0.228. The Morgan fingerprint density at radius 3 is 2.60 bits per heavy atom. The smallest absolute Gasteiger partial charge is 0.243 e. The van der Waals surface area contributed by atoms with Crippen LogP contribution in [0.1, 0.15) is 12.8 Å². The summed E-state index contributed by atoms with van der Waals surface area (Å²) in [7, 11) is -3.51. The monoisotopic (exact) mass is 358 g/mol. The van der Waals surface area contributed by atoms with Gasteiger partial charge in [0.05, 0.1) is 14.9 Å². The third-order valence-corrected chi connectivity index (χ3v) is 5.94. The van der Waals surface area contributed by atoms with Crippen LogP contribution in [0.5, 0.6) is 0 Å². The quantitative estimate of drug-likeness (QED) is 0.902. The molecule has 1 saturated heterocycles. The van der Waals surface area contributed by atoms with E-state index < -0.39 is 10.0 Å². The van der Waals surface area contributed by atoms with Gasteiger partial charge in [0.2, 0.25) is 10.0 Å². The van der Waals surface area contributed by atoms with Gasteiger partial charge in [-0.25, -0.2) is 8.42 Å². The second-order valence-corrected chi connectivity index (χ2v) is 7.44. The molecule has 1 aromatic rings. The topological polar surface area (TPSA) is 63.4 Å². The van der Waals surface area contributed by atoms with Gasteiger partial charge in [-0.1, -0.05) is 23.2 Å². The number of piperidine rings is 1. The van der Waals surface area contributed by atoms with E-state index in [1.807, 2.05) is 0 Å². The molecule has 8 heteroatoms. The van der Waals surface area contributed by atoms with Crippen molar-refractivity contribution < 1.29 is 8.42 Å². The predicted octanol–water partition coefficient (Wildman–Crippen LogP) is 2.77. The van der Waals surface area contributed by atoms with Crippen molar-refractivity contribution in [2.45, 2.75) is 17.7 Å². The molecule has 4 nitrogen and oxygen atoms in total. The lowest BCUT2D eigenvalue weighted by Crippen LogP contribution is -2.41. The van der Waals surface area contributed by atoms with Crippen LogP contribution in [-0.4, -0.2) is 32.4 Å². The predicted molar refractivity (Wildman–Crippen MR) is 84.2 cm³/mol. The maximum absolute atomic E-state index is 12.5. The van der Waals surface area contributed by atoms with Gasteiger partial charge in [0.25, 0.3) is 0 Å². The standard InChI is InChI=1S/C12H16Cl2N2O2S.ClH/c13-11-4-3-10(6-12(11)14)19(17,18)16-5-1-2-9(7-15)8-16;/h3-4,6,9H,1-2,5,7-8,15H2;1H. The Labute approximate surface area is 135 Å². The number of hydrogen-bond acceptors (Lipinski definition) is 3. The molecule has 1 atom stereocenters. The van der Waals surface area contributed by atoms with Crippen molar-refractivity contribution in [1.82, 2.24) is 4.31 Å². The van der Waals surface area contributed by atoms with Gasteiger partial charge in [0, 0.05) is 13.1 Å². The van der Waals surface area contributed by atoms with Crippen LogP contribution in [0, 0.1) is 5.92 Å². The van der Waals surface area contributed by atoms with E-state index in [0.717, 1.165) is 12.8 Å². The van der Waals surface area contributed by atoms with Crippen LogP contribution in [-0.2, 0) is 10.0 Å². The first-order valence-corrected chi connectivity index (χ1v) is 8.30. The van der Waals surface area contributed by atoms with E-state index in [0.29, 0.717) is 24.7 Å². The van der Waals surface area contributed by atoms with Crippen LogP contribution in [0.4, 0.5) is 0 Å². The third kappa shape index (κ3) is 3.78. The fourth-order valence-corrected chi connectivity index (χ4v) is 4.17. The van der Waals surface area contributed by atoms with Crippen LogP contribution >= 0.6 is 35.6 Å². The number of sulfonamides is 1. The minimum absolute atomic E-state index is 0. The van der Waals surface area contributed by atoms with Gasteiger partial charge in [-0.2, -0.15) is 4.31 Å². The maximum atomic E-state index is 12.5. The van der Waals surface area contributed by atoms with Gasteiger partial charge in [-0.3, -0.25) is 0 Å². The van der Waals surface area contributed by atoms with E-state index in [2.05, 4.69) is 0 Å². The molecule has 1 unspecified atom stereocenters. The zero-order valence-electron chi connectivity index (χ0n) is 10.8. The first kappa shape index (κ1) is 18.0. The molecule has 0 saturated carbocycles. The molecule has 1 aromatic carbocycles. The Morgan fingerprint density at radius 1 is 1.30 bits per heavy atom. The molecule has 1 aliphatic rings. The fourth-order valence-electron chi connectivity index (χ4n) is 2.22. The Hall–Kier alpha value is -0.0400. The summed E-state index contributed by atoms with van der Waals surface area (Å²) in [5.41, 5.74) is 5.63. The number of benzene rings is 1. The van der Waals surface area contributed by atoms with Crippen molar-refractivity contribution in [3.63, 3.8) is 0 Å². The molecule has 0 spiro atoms. The molecule has 1 fully saturated rings. The first-order valence-electron chi connectivity index (χ1n) is 6.10. The SMILES string of the molecule is Cl.NCC1CCCN(S(=O)(=O)c2ccc(Cl)c(Cl)c2)C1. The van der Waals surface area contributed by atoms with Crippen molar-refractivity contribution in [2.24, 2.45) is 11.7 Å². The molecule has 1 aliphatic heterocycles. The van der Waals surface area contributed by atoms with Crippen LogP contribution in [0.15, 0.2) is 23.1 Å². The van der Waals surface area contributed by atoms with Gasteiger partial charge in [-0.15, -0.1) is 12.4 Å². The number of hydrogen-bond donors (Lipinski definition) is 1. The van der Waals surface area contributed by atoms with Crippen molar-refractivity contribution in [2.75, 3.05) is 19.6 Å². The largest absolute Gasteiger partial charge is 0.330 e. The zero-order valence-corrected chi connectivity index (χ0v) is 13.9. The zero-order chi connectivity index (χ0) is 14.0. The molecule has 0 aromatic heterocycles. The van der Waals surface area contributed by atoms with Crippen molar-refractivity contribution in [1.29, 1.82) is 0 Å². The van der Waals surface area contributed by atoms with Crippen LogP contribution < -0.4 is 5.73 Å². The van der Waals surface area contributed by atoms with E-state index in [4.69, 9.17) is 28.9 Å². The molecular formula is C12H17Cl3N2O2S. The van der Waals surface area contributed by atoms with Crippen LogP contribution in [0.2, 0.25) is 10.0 Å². The second kappa shape index (κ2) is 7.29. The number of nitrogens with two attached hydrogens (primary N) is 1. The fraction of sp³-hybridized carbons (Fsp3) is 0.500. The van der Waals surface area contributed by atoms with Gasteiger partial charge < -0.3 is 5.73 Å². The Morgan fingerprint density at radius 2 is 2.00 bits per heavy atom. The Balaban J connectivity index is 0.00000200. The Kier molecular flexibility index (Phi) is 6.57. The summed E-state index contributed by atoms with van der Waals surface area (Å²) in [4.78, 5) is 0.180. The molecule has 20 heavy (non-hydrogen) atoms. The average Bonchev–Trinajstić information content (AvgIpc) is 2.41. The molecule has 0 radical (unpaired) electrons. The molecule has 0 aliphatic carbocycles. The number of halogens is 3. The summed E-state index contributed by atoms with van der Waals surface area (Å²) in [6.07, 6.45) is 1.81. The highest BCUT2D eigenvalue weighted by Crippen LogP contribution is 2.28. The maximum Gasteiger partial charge on any atom is 0.243 e. The van der Waals surface area contributed by atoms with Crippen molar-refractivity contribution >= 4 is 45.6 Å². The van der Waals surface area contributed by atoms with Crippen LogP contribution in [0.3, 0.4) is 0 Å². The van der Waals surface area contributed by atoms with Crippen molar-refractivity contribution in [3.05, 3.63) is 28.2 Å². The van der Waals surface area contributed by atoms with Gasteiger partial charge >= 0.3 is 0 Å². The summed E-state index contributed by atoms with van der Waals surface area (Å²) in [6, 6.07) is 4.38. The van der Waals surface area contributed by atoms with E-state index in [-0.39, 0.29) is 28.2 Å². The first-order chi connectivity index (χ1) is 8.95. The summed E-state index contributed by atoms with van der Waals surface area (Å²) >= 11 is 11.7. The van der Waals surface area contributed by atoms with Gasteiger partial charge in [0.1, 0.15) is 0 Å². The summed E-state index contributed by atoms with van der Waals surface area (Å²) in [6.45, 7) is 1.51. The third-order valence-electron chi connectivity index (χ3n) is 3.34. The minimum atomic E-state index is -3.51. The lowest BCUT2D eigenvalue weighted by atomic mass is 10.0. The lowest BCUT2D eigenvalue weighted by Gasteiger charge is -2.31. The van der Waals surface area contributed by atoms with Gasteiger partial charge in [0.15, 0.2) is 0 Å². The highest BCUT2D eigenvalue weighted by molar-refractivity contribution is 7.89. The molecular weight excluding hydrogens is 343 g/mol. The van der Waals surface area contributed by atoms with E-state index >= 15 is 0 Å². The highest BCUT2D eigenvalue weighted by atomic mass is 35.5. The molecule has 2 rings (SSSR count). The number of rotatable bonds is 3. The normalized spacial score (nSPS) is 20.4. The average molecular weight is 360 g/mol. The van der Waals surface area contributed by atoms with Gasteiger partial charge in [-0.05, 0) is 43.5 Å². The second-order valence-electron chi connectivity index (χ2n) is 4.68. The summed E-state index contributed by atoms with van der Waals surface area (Å²) in [5, 5.41) is 0.592. The molecule has 0 bridgehead atoms. The van der Waals surface area contributed by atoms with E-state index in [1.54, 1.807) is 0 Å². The van der Waals surface area contributed by atoms with Crippen LogP contribution in [0.25, 0.3) is 0 Å². The molecule has 1 heterocycles. The molecule has 0 amide bonds. The minimum Gasteiger partial charge on any atom is -0.330 e. The van der Waals surface area contributed by atoms with Crippen molar-refractivity contribution in [3.8, 4) is 0 Å². The van der Waals surface area contributed by atoms with E-state index in [9.17, 15) is 8.42 Å². The highest BCUT2D eigenvalue weighted by Gasteiger charge is 2.29. The van der Waals surface area contributed by atoms with E-state index in [1.165, 1.54) is 22.5 Å². The number of nitrogens with zero attached hydrogens (tertiary/aromatic N) is 1. The Bertz CT molecular complexity index is 566. The molecule has 114 valence electrons. The summed E-state index contributed by atoms with van der Waals surface area (Å²) < 4.78 is 26.5. The molecule has 2 N–H and O–H groups in total.